The van der Waals surface area contributed by atoms with Crippen molar-refractivity contribution in [3.05, 3.63) is 77.2 Å². The third-order valence-corrected chi connectivity index (χ3v) is 3.82. The number of aromatic nitrogens is 2. The van der Waals surface area contributed by atoms with Gasteiger partial charge in [-0.2, -0.15) is 0 Å². The second-order valence-electron chi connectivity index (χ2n) is 4.93. The highest BCUT2D eigenvalue weighted by Crippen LogP contribution is 2.29. The van der Waals surface area contributed by atoms with E-state index in [2.05, 4.69) is 9.97 Å². The maximum atomic E-state index is 12.5. The summed E-state index contributed by atoms with van der Waals surface area (Å²) in [5, 5.41) is 0.416. The first-order chi connectivity index (χ1) is 11.2. The smallest absolute Gasteiger partial charge is 0.347 e. The molecule has 0 aliphatic rings. The summed E-state index contributed by atoms with van der Waals surface area (Å²) in [6.07, 6.45) is 2.85. The molecule has 0 aliphatic carbocycles. The summed E-state index contributed by atoms with van der Waals surface area (Å²) in [6.45, 7) is 1.85. The van der Waals surface area contributed by atoms with Crippen LogP contribution in [0.4, 0.5) is 0 Å². The van der Waals surface area contributed by atoms with Crippen LogP contribution < -0.4 is 4.74 Å². The Hall–Kier alpha value is -2.72. The lowest BCUT2D eigenvalue weighted by Crippen LogP contribution is -2.12. The van der Waals surface area contributed by atoms with Gasteiger partial charge in [0.15, 0.2) is 0 Å². The van der Waals surface area contributed by atoms with Crippen LogP contribution >= 0.6 is 11.6 Å². The molecular formula is C18H13ClN2O2. The number of esters is 1. The lowest BCUT2D eigenvalue weighted by atomic mass is 10.1. The number of aryl methyl sites for hydroxylation is 1. The van der Waals surface area contributed by atoms with E-state index in [0.29, 0.717) is 16.5 Å². The summed E-state index contributed by atoms with van der Waals surface area (Å²) < 4.78 is 5.42. The quantitative estimate of drug-likeness (QED) is 0.531. The number of rotatable bonds is 3. The highest BCUT2D eigenvalue weighted by atomic mass is 35.5. The summed E-state index contributed by atoms with van der Waals surface area (Å²) >= 11 is 6.17. The molecule has 1 aromatic heterocycles. The van der Waals surface area contributed by atoms with Crippen LogP contribution in [-0.2, 0) is 0 Å². The molecule has 0 spiro atoms. The van der Waals surface area contributed by atoms with E-state index in [1.807, 2.05) is 43.3 Å². The van der Waals surface area contributed by atoms with Gasteiger partial charge in [0.1, 0.15) is 17.6 Å². The van der Waals surface area contributed by atoms with E-state index in [1.165, 1.54) is 12.5 Å². The molecule has 4 nitrogen and oxygen atoms in total. The molecule has 23 heavy (non-hydrogen) atoms. The van der Waals surface area contributed by atoms with Crippen LogP contribution in [0.2, 0.25) is 5.02 Å². The Bertz CT molecular complexity index is 851. The third-order valence-electron chi connectivity index (χ3n) is 3.34. The van der Waals surface area contributed by atoms with E-state index >= 15 is 0 Å². The van der Waals surface area contributed by atoms with Gasteiger partial charge in [-0.1, -0.05) is 54.1 Å². The van der Waals surface area contributed by atoms with Crippen molar-refractivity contribution in [3.8, 4) is 17.0 Å². The number of nitrogens with zero attached hydrogens (tertiary/aromatic N) is 2. The van der Waals surface area contributed by atoms with Gasteiger partial charge >= 0.3 is 5.97 Å². The van der Waals surface area contributed by atoms with Crippen molar-refractivity contribution in [1.29, 1.82) is 0 Å². The largest absolute Gasteiger partial charge is 0.421 e. The molecule has 0 aliphatic heterocycles. The number of benzene rings is 2. The molecular weight excluding hydrogens is 312 g/mol. The molecule has 0 N–H and O–H groups in total. The summed E-state index contributed by atoms with van der Waals surface area (Å²) in [5.41, 5.74) is 2.47. The van der Waals surface area contributed by atoms with Gasteiger partial charge < -0.3 is 4.74 Å². The molecule has 2 aromatic carbocycles. The monoisotopic (exact) mass is 324 g/mol. The van der Waals surface area contributed by atoms with Crippen LogP contribution in [0.15, 0.2) is 61.1 Å². The van der Waals surface area contributed by atoms with Crippen molar-refractivity contribution in [2.45, 2.75) is 6.92 Å². The Balaban J connectivity index is 1.96. The Kier molecular flexibility index (Phi) is 4.35. The van der Waals surface area contributed by atoms with Crippen LogP contribution in [0.5, 0.6) is 5.75 Å². The average molecular weight is 325 g/mol. The fourth-order valence-corrected chi connectivity index (χ4v) is 2.32. The van der Waals surface area contributed by atoms with Gasteiger partial charge in [0.05, 0.1) is 10.7 Å². The van der Waals surface area contributed by atoms with Gasteiger partial charge in [0.25, 0.3) is 0 Å². The number of halogens is 1. The van der Waals surface area contributed by atoms with Crippen molar-refractivity contribution in [2.75, 3.05) is 0 Å². The first-order valence-corrected chi connectivity index (χ1v) is 7.37. The van der Waals surface area contributed by atoms with Crippen molar-refractivity contribution < 1.29 is 9.53 Å². The van der Waals surface area contributed by atoms with E-state index in [1.54, 1.807) is 12.1 Å². The predicted molar refractivity (Wildman–Crippen MR) is 88.6 cm³/mol. The molecule has 0 radical (unpaired) electrons. The Labute approximate surface area is 138 Å². The lowest BCUT2D eigenvalue weighted by molar-refractivity contribution is 0.0735. The summed E-state index contributed by atoms with van der Waals surface area (Å²) in [6, 6.07) is 14.7. The molecule has 0 fully saturated rings. The maximum Gasteiger partial charge on any atom is 0.347 e. The van der Waals surface area contributed by atoms with Crippen LogP contribution in [-0.4, -0.2) is 15.9 Å². The minimum absolute atomic E-state index is 0.288. The normalized spacial score (nSPS) is 10.3. The molecule has 0 bridgehead atoms. The molecule has 0 unspecified atom stereocenters. The zero-order valence-corrected chi connectivity index (χ0v) is 13.1. The molecule has 0 atom stereocenters. The number of carbonyl (C=O) groups excluding carboxylic acids is 1. The highest BCUT2D eigenvalue weighted by molar-refractivity contribution is 6.33. The van der Waals surface area contributed by atoms with Gasteiger partial charge in [-0.15, -0.1) is 0 Å². The first kappa shape index (κ1) is 15.2. The third kappa shape index (κ3) is 3.22. The molecule has 0 saturated carbocycles. The summed E-state index contributed by atoms with van der Waals surface area (Å²) in [4.78, 5) is 20.6. The molecule has 1 heterocycles. The van der Waals surface area contributed by atoms with Gasteiger partial charge in [0.2, 0.25) is 0 Å². The summed E-state index contributed by atoms with van der Waals surface area (Å²) in [5.74, 6) is -0.225. The van der Waals surface area contributed by atoms with E-state index in [9.17, 15) is 4.79 Å². The SMILES string of the molecule is Cc1cccc(OC(=O)c2cncnc2-c2ccccc2)c1Cl. The molecule has 3 aromatic rings. The molecule has 0 amide bonds. The van der Waals surface area contributed by atoms with Crippen molar-refractivity contribution in [3.63, 3.8) is 0 Å². The average Bonchev–Trinajstić information content (AvgIpc) is 2.60. The lowest BCUT2D eigenvalue weighted by Gasteiger charge is -2.10. The van der Waals surface area contributed by atoms with Gasteiger partial charge in [-0.25, -0.2) is 14.8 Å². The first-order valence-electron chi connectivity index (χ1n) is 6.99. The van der Waals surface area contributed by atoms with Gasteiger partial charge in [0, 0.05) is 11.8 Å². The zero-order chi connectivity index (χ0) is 16.2. The van der Waals surface area contributed by atoms with Crippen molar-refractivity contribution in [2.24, 2.45) is 0 Å². The standard InChI is InChI=1S/C18H13ClN2O2/c1-12-6-5-9-15(16(12)19)23-18(22)14-10-20-11-21-17(14)13-7-3-2-4-8-13/h2-11H,1H3. The predicted octanol–water partition coefficient (Wildman–Crippen LogP) is 4.32. The number of hydrogen-bond acceptors (Lipinski definition) is 4. The van der Waals surface area contributed by atoms with Crippen LogP contribution in [0, 0.1) is 6.92 Å². The molecule has 3 rings (SSSR count). The van der Waals surface area contributed by atoms with E-state index in [0.717, 1.165) is 11.1 Å². The Morgan fingerprint density at radius 3 is 2.65 bits per heavy atom. The number of hydrogen-bond donors (Lipinski definition) is 0. The second-order valence-corrected chi connectivity index (χ2v) is 5.31. The Morgan fingerprint density at radius 1 is 1.09 bits per heavy atom. The topological polar surface area (TPSA) is 52.1 Å². The van der Waals surface area contributed by atoms with Crippen LogP contribution in [0.1, 0.15) is 15.9 Å². The van der Waals surface area contributed by atoms with Crippen LogP contribution in [0.25, 0.3) is 11.3 Å². The molecule has 114 valence electrons. The minimum Gasteiger partial charge on any atom is -0.421 e. The zero-order valence-electron chi connectivity index (χ0n) is 12.4. The maximum absolute atomic E-state index is 12.5. The van der Waals surface area contributed by atoms with Gasteiger partial charge in [-0.3, -0.25) is 0 Å². The highest BCUT2D eigenvalue weighted by Gasteiger charge is 2.18. The second kappa shape index (κ2) is 6.58. The van der Waals surface area contributed by atoms with Crippen molar-refractivity contribution in [1.82, 2.24) is 9.97 Å². The minimum atomic E-state index is -0.544. The summed E-state index contributed by atoms with van der Waals surface area (Å²) in [7, 11) is 0. The molecule has 0 saturated heterocycles. The van der Waals surface area contributed by atoms with Crippen LogP contribution in [0.3, 0.4) is 0 Å². The van der Waals surface area contributed by atoms with Crippen molar-refractivity contribution >= 4 is 17.6 Å². The van der Waals surface area contributed by atoms with E-state index < -0.39 is 5.97 Å². The van der Waals surface area contributed by atoms with E-state index in [-0.39, 0.29) is 5.56 Å². The number of ether oxygens (including phenoxy) is 1. The fourth-order valence-electron chi connectivity index (χ4n) is 2.16. The van der Waals surface area contributed by atoms with Gasteiger partial charge in [-0.05, 0) is 18.6 Å². The fraction of sp³-hybridized carbons (Fsp3) is 0.0556. The Morgan fingerprint density at radius 2 is 1.87 bits per heavy atom. The molecule has 5 heteroatoms. The number of carbonyl (C=O) groups is 1. The van der Waals surface area contributed by atoms with E-state index in [4.69, 9.17) is 16.3 Å².